The Balaban J connectivity index is 0.00000300. The van der Waals surface area contributed by atoms with E-state index < -0.39 is 0 Å². The Morgan fingerprint density at radius 2 is 1.97 bits per heavy atom. The summed E-state index contributed by atoms with van der Waals surface area (Å²) in [5, 5.41) is 12.2. The van der Waals surface area contributed by atoms with Crippen LogP contribution in [-0.2, 0) is 6.54 Å². The Bertz CT molecular complexity index is 891. The molecule has 2 aromatic carbocycles. The van der Waals surface area contributed by atoms with Gasteiger partial charge in [-0.3, -0.25) is 4.99 Å². The second-order valence-corrected chi connectivity index (χ2v) is 6.49. The molecule has 0 bridgehead atoms. The van der Waals surface area contributed by atoms with Gasteiger partial charge >= 0.3 is 0 Å². The maximum Gasteiger partial charge on any atom is 0.194 e. The first-order valence-electron chi connectivity index (χ1n) is 9.17. The number of hydrogen-bond acceptors (Lipinski definition) is 4. The number of nitrogens with one attached hydrogen (secondary N) is 1. The fourth-order valence-electron chi connectivity index (χ4n) is 3.27. The Hall–Kier alpha value is -2.54. The lowest BCUT2D eigenvalue weighted by molar-refractivity contribution is 0.371. The highest BCUT2D eigenvalue weighted by Crippen LogP contribution is 2.22. The van der Waals surface area contributed by atoms with Crippen LogP contribution in [0.2, 0.25) is 0 Å². The van der Waals surface area contributed by atoms with Crippen molar-refractivity contribution in [3.63, 3.8) is 0 Å². The number of piperazine rings is 1. The van der Waals surface area contributed by atoms with E-state index in [0.717, 1.165) is 43.6 Å². The second kappa shape index (κ2) is 10.9. The number of aliphatic imine (C=N–C) groups is 1. The Morgan fingerprint density at radius 3 is 2.62 bits per heavy atom. The van der Waals surface area contributed by atoms with Crippen LogP contribution in [0.25, 0.3) is 0 Å². The van der Waals surface area contributed by atoms with Gasteiger partial charge in [0, 0.05) is 57.1 Å². The van der Waals surface area contributed by atoms with Crippen LogP contribution in [0.1, 0.15) is 11.1 Å². The van der Waals surface area contributed by atoms with Crippen molar-refractivity contribution in [1.29, 1.82) is 5.26 Å². The molecule has 6 nitrogen and oxygen atoms in total. The molecule has 8 heteroatoms. The van der Waals surface area contributed by atoms with Crippen molar-refractivity contribution in [3.8, 4) is 11.8 Å². The summed E-state index contributed by atoms with van der Waals surface area (Å²) in [6, 6.07) is 14.4. The molecule has 0 unspecified atom stereocenters. The van der Waals surface area contributed by atoms with Gasteiger partial charge in [-0.05, 0) is 30.3 Å². The van der Waals surface area contributed by atoms with Gasteiger partial charge < -0.3 is 19.9 Å². The average Bonchev–Trinajstić information content (AvgIpc) is 2.75. The number of benzene rings is 2. The molecule has 0 spiro atoms. The van der Waals surface area contributed by atoms with Crippen LogP contribution in [-0.4, -0.2) is 51.2 Å². The molecular formula is C21H25FIN5O. The Labute approximate surface area is 188 Å². The fourth-order valence-corrected chi connectivity index (χ4v) is 3.27. The molecule has 3 rings (SSSR count). The molecule has 0 aromatic heterocycles. The van der Waals surface area contributed by atoms with Crippen molar-refractivity contribution in [2.75, 3.05) is 45.2 Å². The van der Waals surface area contributed by atoms with Gasteiger partial charge in [0.1, 0.15) is 11.6 Å². The first-order valence-corrected chi connectivity index (χ1v) is 9.17. The lowest BCUT2D eigenvalue weighted by atomic mass is 10.1. The number of hydrogen-bond donors (Lipinski definition) is 1. The lowest BCUT2D eigenvalue weighted by Gasteiger charge is -2.37. The molecule has 1 heterocycles. The summed E-state index contributed by atoms with van der Waals surface area (Å²) in [4.78, 5) is 8.79. The number of halogens is 2. The van der Waals surface area contributed by atoms with Gasteiger partial charge in [-0.15, -0.1) is 24.0 Å². The average molecular weight is 509 g/mol. The largest absolute Gasteiger partial charge is 0.497 e. The molecular weight excluding hydrogens is 484 g/mol. The van der Waals surface area contributed by atoms with Crippen LogP contribution in [0, 0.1) is 17.1 Å². The predicted octanol–water partition coefficient (Wildman–Crippen LogP) is 3.22. The highest BCUT2D eigenvalue weighted by Gasteiger charge is 2.20. The number of nitrogens with zero attached hydrogens (tertiary/aromatic N) is 4. The number of anilines is 1. The van der Waals surface area contributed by atoms with Crippen molar-refractivity contribution in [2.45, 2.75) is 6.54 Å². The molecule has 0 radical (unpaired) electrons. The number of rotatable bonds is 4. The van der Waals surface area contributed by atoms with E-state index in [-0.39, 0.29) is 36.3 Å². The maximum absolute atomic E-state index is 14.0. The zero-order valence-electron chi connectivity index (χ0n) is 16.6. The van der Waals surface area contributed by atoms with Crippen LogP contribution in [0.5, 0.6) is 5.75 Å². The molecule has 1 saturated heterocycles. The number of ether oxygens (including phenoxy) is 1. The zero-order chi connectivity index (χ0) is 19.9. The van der Waals surface area contributed by atoms with Gasteiger partial charge in [0.2, 0.25) is 0 Å². The summed E-state index contributed by atoms with van der Waals surface area (Å²) in [6.07, 6.45) is 0. The van der Waals surface area contributed by atoms with Crippen LogP contribution in [0.3, 0.4) is 0 Å². The molecule has 2 aromatic rings. The molecule has 1 aliphatic heterocycles. The fraction of sp³-hybridized carbons (Fsp3) is 0.333. The predicted molar refractivity (Wildman–Crippen MR) is 124 cm³/mol. The van der Waals surface area contributed by atoms with Crippen LogP contribution in [0.4, 0.5) is 10.1 Å². The van der Waals surface area contributed by atoms with E-state index in [9.17, 15) is 4.39 Å². The van der Waals surface area contributed by atoms with Crippen LogP contribution < -0.4 is 15.0 Å². The molecule has 1 aliphatic rings. The van der Waals surface area contributed by atoms with E-state index in [1.54, 1.807) is 20.2 Å². The molecule has 0 amide bonds. The molecule has 1 N–H and O–H groups in total. The summed E-state index contributed by atoms with van der Waals surface area (Å²) >= 11 is 0. The zero-order valence-corrected chi connectivity index (χ0v) is 18.9. The number of methoxy groups -OCH3 is 1. The van der Waals surface area contributed by atoms with E-state index in [4.69, 9.17) is 10.00 Å². The summed E-state index contributed by atoms with van der Waals surface area (Å²) in [7, 11) is 3.39. The molecule has 0 aliphatic carbocycles. The minimum Gasteiger partial charge on any atom is -0.497 e. The smallest absolute Gasteiger partial charge is 0.194 e. The standard InChI is InChI=1S/C21H24FN5O.HI/c1-24-21(25-15-17-12-16(14-23)6-7-20(17)22)27-10-8-26(9-11-27)18-4-3-5-19(13-18)28-2;/h3-7,12-13H,8-11,15H2,1-2H3,(H,24,25);1H. The van der Waals surface area contributed by atoms with Crippen LogP contribution in [0.15, 0.2) is 47.5 Å². The SMILES string of the molecule is CN=C(NCc1cc(C#N)ccc1F)N1CCN(c2cccc(OC)c2)CC1.I. The third-order valence-corrected chi connectivity index (χ3v) is 4.82. The summed E-state index contributed by atoms with van der Waals surface area (Å²) in [5.41, 5.74) is 2.03. The summed E-state index contributed by atoms with van der Waals surface area (Å²) in [6.45, 7) is 3.59. The molecule has 154 valence electrons. The third-order valence-electron chi connectivity index (χ3n) is 4.82. The Morgan fingerprint density at radius 1 is 1.21 bits per heavy atom. The van der Waals surface area contributed by atoms with Gasteiger partial charge in [-0.1, -0.05) is 6.07 Å². The Kier molecular flexibility index (Phi) is 8.51. The van der Waals surface area contributed by atoms with Gasteiger partial charge in [0.25, 0.3) is 0 Å². The van der Waals surface area contributed by atoms with Crippen molar-refractivity contribution >= 4 is 35.6 Å². The van der Waals surface area contributed by atoms with Gasteiger partial charge in [0.05, 0.1) is 18.7 Å². The second-order valence-electron chi connectivity index (χ2n) is 6.49. The van der Waals surface area contributed by atoms with E-state index in [0.29, 0.717) is 11.1 Å². The van der Waals surface area contributed by atoms with Crippen molar-refractivity contribution in [3.05, 3.63) is 59.4 Å². The highest BCUT2D eigenvalue weighted by molar-refractivity contribution is 14.0. The van der Waals surface area contributed by atoms with E-state index in [1.165, 1.54) is 12.1 Å². The molecule has 1 fully saturated rings. The summed E-state index contributed by atoms with van der Waals surface area (Å²) < 4.78 is 19.3. The quantitative estimate of drug-likeness (QED) is 0.390. The molecule has 0 atom stereocenters. The van der Waals surface area contributed by atoms with E-state index in [2.05, 4.69) is 26.2 Å². The molecule has 0 saturated carbocycles. The minimum atomic E-state index is -0.329. The molecule has 29 heavy (non-hydrogen) atoms. The normalized spacial score (nSPS) is 14.1. The van der Waals surface area contributed by atoms with E-state index in [1.807, 2.05) is 24.3 Å². The van der Waals surface area contributed by atoms with Gasteiger partial charge in [-0.2, -0.15) is 5.26 Å². The first-order chi connectivity index (χ1) is 13.6. The minimum absolute atomic E-state index is 0. The van der Waals surface area contributed by atoms with E-state index >= 15 is 0 Å². The van der Waals surface area contributed by atoms with Gasteiger partial charge in [-0.25, -0.2) is 4.39 Å². The highest BCUT2D eigenvalue weighted by atomic mass is 127. The first kappa shape index (κ1) is 22.7. The van der Waals surface area contributed by atoms with Gasteiger partial charge in [0.15, 0.2) is 5.96 Å². The third kappa shape index (κ3) is 5.73. The number of nitriles is 1. The van der Waals surface area contributed by atoms with Crippen LogP contribution >= 0.6 is 24.0 Å². The number of guanidine groups is 1. The van der Waals surface area contributed by atoms with Crippen molar-refractivity contribution < 1.29 is 9.13 Å². The topological polar surface area (TPSA) is 63.9 Å². The van der Waals surface area contributed by atoms with Crippen molar-refractivity contribution in [2.24, 2.45) is 4.99 Å². The summed E-state index contributed by atoms with van der Waals surface area (Å²) in [5.74, 6) is 1.25. The van der Waals surface area contributed by atoms with Crippen molar-refractivity contribution in [1.82, 2.24) is 10.2 Å². The maximum atomic E-state index is 14.0. The monoisotopic (exact) mass is 509 g/mol. The lowest BCUT2D eigenvalue weighted by Crippen LogP contribution is -2.52.